The van der Waals surface area contributed by atoms with Gasteiger partial charge in [0.1, 0.15) is 11.0 Å². The molecular weight excluding hydrogens is 234 g/mol. The predicted molar refractivity (Wildman–Crippen MR) is 68.2 cm³/mol. The Labute approximate surface area is 102 Å². The van der Waals surface area contributed by atoms with Crippen LogP contribution < -0.4 is 0 Å². The number of para-hydroxylation sites is 2. The average molecular weight is 245 g/mol. The average Bonchev–Trinajstić information content (AvgIpc) is 3.01. The minimum Gasteiger partial charge on any atom is -0.294 e. The number of nitrogens with one attached hydrogen (secondary N) is 1. The van der Waals surface area contributed by atoms with Gasteiger partial charge in [0.05, 0.1) is 4.88 Å². The van der Waals surface area contributed by atoms with Crippen LogP contribution in [-0.2, 0) is 0 Å². The van der Waals surface area contributed by atoms with Crippen LogP contribution in [0.1, 0.15) is 16.6 Å². The van der Waals surface area contributed by atoms with E-state index in [2.05, 4.69) is 15.4 Å². The molecule has 2 heterocycles. The fourth-order valence-electron chi connectivity index (χ4n) is 1.26. The Kier molecular flexibility index (Phi) is 3.62. The van der Waals surface area contributed by atoms with Crippen LogP contribution in [0, 0.1) is 0 Å². The van der Waals surface area contributed by atoms with Crippen LogP contribution in [0.5, 0.6) is 0 Å². The normalized spacial score (nSPS) is 9.71. The first-order valence-corrected chi connectivity index (χ1v) is 5.95. The zero-order chi connectivity index (χ0) is 12.1. The van der Waals surface area contributed by atoms with Gasteiger partial charge in [-0.3, -0.25) is 4.79 Å². The second-order valence-electron chi connectivity index (χ2n) is 3.35. The number of aromatic amines is 1. The Bertz CT molecular complexity index is 571. The van der Waals surface area contributed by atoms with Crippen molar-refractivity contribution in [3.05, 3.63) is 46.7 Å². The van der Waals surface area contributed by atoms with Gasteiger partial charge in [-0.15, -0.1) is 11.3 Å². The van der Waals surface area contributed by atoms with Gasteiger partial charge in [0, 0.05) is 0 Å². The molecule has 0 atom stereocenters. The highest BCUT2D eigenvalue weighted by atomic mass is 32.1. The highest BCUT2D eigenvalue weighted by molar-refractivity contribution is 7.12. The molecule has 1 aromatic carbocycles. The fraction of sp³-hybridized carbons (Fsp3) is 0.0833. The Balaban J connectivity index is 0.000000128. The van der Waals surface area contributed by atoms with Gasteiger partial charge in [-0.25, -0.2) is 0 Å². The van der Waals surface area contributed by atoms with E-state index >= 15 is 0 Å². The van der Waals surface area contributed by atoms with Crippen molar-refractivity contribution in [3.63, 3.8) is 0 Å². The minimum absolute atomic E-state index is 0.153. The van der Waals surface area contributed by atoms with E-state index in [1.807, 2.05) is 41.8 Å². The number of H-pyrrole nitrogens is 1. The van der Waals surface area contributed by atoms with Gasteiger partial charge in [0.2, 0.25) is 0 Å². The molecule has 0 saturated heterocycles. The topological polar surface area (TPSA) is 58.6 Å². The lowest BCUT2D eigenvalue weighted by molar-refractivity contribution is 0.102. The van der Waals surface area contributed by atoms with E-state index in [0.717, 1.165) is 15.9 Å². The van der Waals surface area contributed by atoms with Crippen LogP contribution in [0.25, 0.3) is 11.0 Å². The number of aromatic nitrogens is 3. The third-order valence-electron chi connectivity index (χ3n) is 2.09. The second-order valence-corrected chi connectivity index (χ2v) is 4.29. The maximum absolute atomic E-state index is 10.5. The molecule has 17 heavy (non-hydrogen) atoms. The zero-order valence-corrected chi connectivity index (χ0v) is 10.1. The van der Waals surface area contributed by atoms with Crippen LogP contribution in [0.4, 0.5) is 0 Å². The van der Waals surface area contributed by atoms with Crippen LogP contribution in [-0.4, -0.2) is 21.2 Å². The number of rotatable bonds is 1. The molecule has 2 aromatic heterocycles. The molecule has 3 aromatic rings. The maximum Gasteiger partial charge on any atom is 0.169 e. The SMILES string of the molecule is CC(=O)c1cccs1.c1ccc2n[nH]nc2c1. The number of carbonyl (C=O) groups is 1. The predicted octanol–water partition coefficient (Wildman–Crippen LogP) is 2.91. The van der Waals surface area contributed by atoms with E-state index in [1.165, 1.54) is 11.3 Å². The third kappa shape index (κ3) is 2.98. The zero-order valence-electron chi connectivity index (χ0n) is 9.25. The Morgan fingerprint density at radius 2 is 1.76 bits per heavy atom. The van der Waals surface area contributed by atoms with Crippen LogP contribution in [0.15, 0.2) is 41.8 Å². The summed E-state index contributed by atoms with van der Waals surface area (Å²) >= 11 is 1.48. The highest BCUT2D eigenvalue weighted by Crippen LogP contribution is 2.07. The van der Waals surface area contributed by atoms with Gasteiger partial charge in [-0.2, -0.15) is 15.4 Å². The molecule has 0 aliphatic heterocycles. The first-order valence-electron chi connectivity index (χ1n) is 5.07. The molecule has 4 nitrogen and oxygen atoms in total. The molecule has 0 aliphatic carbocycles. The summed E-state index contributed by atoms with van der Waals surface area (Å²) in [6, 6.07) is 11.4. The summed E-state index contributed by atoms with van der Waals surface area (Å²) in [5.41, 5.74) is 1.83. The fourth-order valence-corrected chi connectivity index (χ4v) is 1.89. The highest BCUT2D eigenvalue weighted by Gasteiger charge is 1.95. The molecule has 1 N–H and O–H groups in total. The molecule has 0 spiro atoms. The van der Waals surface area contributed by atoms with Gasteiger partial charge in [0.15, 0.2) is 5.78 Å². The van der Waals surface area contributed by atoms with Gasteiger partial charge in [-0.05, 0) is 30.5 Å². The summed E-state index contributed by atoms with van der Waals surface area (Å²) < 4.78 is 0. The smallest absolute Gasteiger partial charge is 0.169 e. The summed E-state index contributed by atoms with van der Waals surface area (Å²) in [4.78, 5) is 11.4. The first kappa shape index (κ1) is 11.5. The Morgan fingerprint density at radius 1 is 1.12 bits per heavy atom. The maximum atomic E-state index is 10.5. The number of Topliss-reactive ketones (excluding diaryl/α,β-unsaturated/α-hetero) is 1. The molecule has 0 bridgehead atoms. The molecule has 0 aliphatic rings. The number of hydrogen-bond donors (Lipinski definition) is 1. The van der Waals surface area contributed by atoms with Crippen molar-refractivity contribution in [1.29, 1.82) is 0 Å². The van der Waals surface area contributed by atoms with Crippen molar-refractivity contribution < 1.29 is 4.79 Å². The molecule has 0 fully saturated rings. The van der Waals surface area contributed by atoms with E-state index in [-0.39, 0.29) is 5.78 Å². The standard InChI is InChI=1S/C6H5N3.C6H6OS/c1-2-4-6-5(3-1)7-9-8-6;1-5(7)6-3-2-4-8-6/h1-4H,(H,7,8,9);2-4H,1H3. The lowest BCUT2D eigenvalue weighted by Gasteiger charge is -1.79. The largest absolute Gasteiger partial charge is 0.294 e. The van der Waals surface area contributed by atoms with Crippen molar-refractivity contribution in [2.75, 3.05) is 0 Å². The lowest BCUT2D eigenvalue weighted by Crippen LogP contribution is -1.83. The van der Waals surface area contributed by atoms with Crippen LogP contribution >= 0.6 is 11.3 Å². The van der Waals surface area contributed by atoms with Crippen molar-refractivity contribution in [2.24, 2.45) is 0 Å². The molecule has 0 radical (unpaired) electrons. The summed E-state index contributed by atoms with van der Waals surface area (Å²) in [7, 11) is 0. The van der Waals surface area contributed by atoms with E-state index < -0.39 is 0 Å². The van der Waals surface area contributed by atoms with E-state index in [9.17, 15) is 4.79 Å². The number of thiophene rings is 1. The Morgan fingerprint density at radius 3 is 2.18 bits per heavy atom. The van der Waals surface area contributed by atoms with Crippen molar-refractivity contribution in [2.45, 2.75) is 6.92 Å². The molecule has 0 saturated carbocycles. The number of ketones is 1. The number of benzene rings is 1. The summed E-state index contributed by atoms with van der Waals surface area (Å²) in [6.45, 7) is 1.58. The molecule has 0 unspecified atom stereocenters. The van der Waals surface area contributed by atoms with E-state index in [4.69, 9.17) is 0 Å². The first-order chi connectivity index (χ1) is 8.27. The number of hydrogen-bond acceptors (Lipinski definition) is 4. The van der Waals surface area contributed by atoms with Gasteiger partial charge >= 0.3 is 0 Å². The third-order valence-corrected chi connectivity index (χ3v) is 3.06. The lowest BCUT2D eigenvalue weighted by atomic mass is 10.3. The summed E-state index contributed by atoms with van der Waals surface area (Å²) in [6.07, 6.45) is 0. The summed E-state index contributed by atoms with van der Waals surface area (Å²) in [5.74, 6) is 0.153. The van der Waals surface area contributed by atoms with Crippen molar-refractivity contribution >= 4 is 28.2 Å². The van der Waals surface area contributed by atoms with E-state index in [0.29, 0.717) is 0 Å². The summed E-state index contributed by atoms with van der Waals surface area (Å²) in [5, 5.41) is 12.2. The molecular formula is C12H11N3OS. The Hall–Kier alpha value is -2.01. The molecule has 3 rings (SSSR count). The van der Waals surface area contributed by atoms with Gasteiger partial charge in [-0.1, -0.05) is 18.2 Å². The quantitative estimate of drug-likeness (QED) is 0.670. The van der Waals surface area contributed by atoms with Crippen LogP contribution in [0.2, 0.25) is 0 Å². The van der Waals surface area contributed by atoms with Crippen LogP contribution in [0.3, 0.4) is 0 Å². The second kappa shape index (κ2) is 5.36. The van der Waals surface area contributed by atoms with Crippen molar-refractivity contribution in [1.82, 2.24) is 15.4 Å². The minimum atomic E-state index is 0.153. The van der Waals surface area contributed by atoms with Gasteiger partial charge in [0.25, 0.3) is 0 Å². The number of carbonyl (C=O) groups excluding carboxylic acids is 1. The molecule has 5 heteroatoms. The van der Waals surface area contributed by atoms with Crippen molar-refractivity contribution in [3.8, 4) is 0 Å². The molecule has 0 amide bonds. The monoisotopic (exact) mass is 245 g/mol. The van der Waals surface area contributed by atoms with Gasteiger partial charge < -0.3 is 0 Å². The molecule has 86 valence electrons. The number of nitrogens with zero attached hydrogens (tertiary/aromatic N) is 2. The van der Waals surface area contributed by atoms with E-state index in [1.54, 1.807) is 6.92 Å². The number of fused-ring (bicyclic) bond motifs is 1.